The molecule has 0 bridgehead atoms. The summed E-state index contributed by atoms with van der Waals surface area (Å²) in [5.74, 6) is -2.09. The molecule has 1 fully saturated rings. The van der Waals surface area contributed by atoms with Gasteiger partial charge in [-0.15, -0.1) is 0 Å². The van der Waals surface area contributed by atoms with Crippen LogP contribution in [0.15, 0.2) is 30.3 Å². The fraction of sp³-hybridized carbons (Fsp3) is 0.333. The molecule has 1 aliphatic heterocycles. The van der Waals surface area contributed by atoms with Gasteiger partial charge in [-0.25, -0.2) is 0 Å². The van der Waals surface area contributed by atoms with Gasteiger partial charge >= 0.3 is 0 Å². The second kappa shape index (κ2) is 8.00. The van der Waals surface area contributed by atoms with E-state index in [0.717, 1.165) is 6.07 Å². The first-order valence-corrected chi connectivity index (χ1v) is 9.45. The Bertz CT molecular complexity index is 1050. The number of fused-ring (bicyclic) bond motifs is 2. The third-order valence-electron chi connectivity index (χ3n) is 5.50. The Kier molecular flexibility index (Phi) is 5.52. The van der Waals surface area contributed by atoms with Crippen LogP contribution in [0.1, 0.15) is 37.4 Å². The van der Waals surface area contributed by atoms with Gasteiger partial charge in [0.25, 0.3) is 0 Å². The van der Waals surface area contributed by atoms with Crippen LogP contribution in [0, 0.1) is 0 Å². The number of ketones is 2. The minimum atomic E-state index is -1.75. The molecule has 2 aromatic rings. The Balaban J connectivity index is 1.78. The van der Waals surface area contributed by atoms with Crippen LogP contribution in [-0.2, 0) is 11.3 Å². The second-order valence-electron chi connectivity index (χ2n) is 7.30. The Morgan fingerprint density at radius 1 is 0.903 bits per heavy atom. The molecule has 0 aromatic heterocycles. The van der Waals surface area contributed by atoms with E-state index in [-0.39, 0.29) is 33.6 Å². The topological polar surface area (TPSA) is 174 Å². The van der Waals surface area contributed by atoms with Crippen LogP contribution in [0.3, 0.4) is 0 Å². The molecule has 0 saturated carbocycles. The standard InChI is InChI=1S/C21H20O10/c22-6-11-12(30-21-20(29)19(28)18(27)13(7-23)31-21)5-10-14(17(11)26)16(25)9-4-2-1-3-8(9)15(10)24/h1-5,13,18-23,26-29H,6-7H2/t13-,18-,19+,20-,21-/m0/s1. The zero-order valence-corrected chi connectivity index (χ0v) is 16.0. The summed E-state index contributed by atoms with van der Waals surface area (Å²) in [7, 11) is 0. The minimum absolute atomic E-state index is 0.113. The highest BCUT2D eigenvalue weighted by molar-refractivity contribution is 6.29. The van der Waals surface area contributed by atoms with Crippen molar-refractivity contribution in [3.05, 3.63) is 58.1 Å². The molecule has 1 heterocycles. The van der Waals surface area contributed by atoms with Crippen molar-refractivity contribution < 1.29 is 49.7 Å². The van der Waals surface area contributed by atoms with E-state index >= 15 is 0 Å². The number of phenols is 1. The lowest BCUT2D eigenvalue weighted by molar-refractivity contribution is -0.277. The summed E-state index contributed by atoms with van der Waals surface area (Å²) in [6.07, 6.45) is -7.93. The van der Waals surface area contributed by atoms with Crippen molar-refractivity contribution in [2.45, 2.75) is 37.3 Å². The quantitative estimate of drug-likeness (QED) is 0.295. The van der Waals surface area contributed by atoms with Crippen LogP contribution in [0.25, 0.3) is 0 Å². The number of aliphatic hydroxyl groups is 5. The first-order chi connectivity index (χ1) is 14.8. The summed E-state index contributed by atoms with van der Waals surface area (Å²) < 4.78 is 10.8. The van der Waals surface area contributed by atoms with Gasteiger partial charge in [-0.3, -0.25) is 9.59 Å². The van der Waals surface area contributed by atoms with E-state index in [0.29, 0.717) is 0 Å². The summed E-state index contributed by atoms with van der Waals surface area (Å²) in [5.41, 5.74) is -0.445. The molecule has 2 aromatic carbocycles. The number of carbonyl (C=O) groups excluding carboxylic acids is 2. The lowest BCUT2D eigenvalue weighted by atomic mass is 9.82. The number of benzene rings is 2. The van der Waals surface area contributed by atoms with Gasteiger partial charge in [-0.1, -0.05) is 24.3 Å². The molecule has 0 radical (unpaired) electrons. The summed E-state index contributed by atoms with van der Waals surface area (Å²) in [5, 5.41) is 59.8. The average Bonchev–Trinajstić information content (AvgIpc) is 2.77. The molecule has 5 atom stereocenters. The molecule has 1 aliphatic carbocycles. The molecule has 4 rings (SSSR count). The van der Waals surface area contributed by atoms with Gasteiger partial charge in [0.05, 0.1) is 24.3 Å². The summed E-state index contributed by atoms with van der Waals surface area (Å²) in [6.45, 7) is -1.47. The van der Waals surface area contributed by atoms with E-state index in [2.05, 4.69) is 0 Å². The summed E-state index contributed by atoms with van der Waals surface area (Å²) >= 11 is 0. The molecule has 6 N–H and O–H groups in total. The van der Waals surface area contributed by atoms with E-state index in [1.54, 1.807) is 12.1 Å². The monoisotopic (exact) mass is 432 g/mol. The predicted octanol–water partition coefficient (Wildman–Crippen LogP) is -1.16. The normalized spacial score (nSPS) is 27.6. The summed E-state index contributed by atoms with van der Waals surface area (Å²) in [6, 6.07) is 7.22. The molecule has 2 aliphatic rings. The zero-order valence-electron chi connectivity index (χ0n) is 16.0. The van der Waals surface area contributed by atoms with Crippen LogP contribution in [0.2, 0.25) is 0 Å². The van der Waals surface area contributed by atoms with E-state index in [1.807, 2.05) is 0 Å². The molecular formula is C21H20O10. The van der Waals surface area contributed by atoms with E-state index in [9.17, 15) is 40.2 Å². The highest BCUT2D eigenvalue weighted by Crippen LogP contribution is 2.41. The molecule has 1 saturated heterocycles. The van der Waals surface area contributed by atoms with Gasteiger partial charge in [-0.2, -0.15) is 0 Å². The number of rotatable bonds is 4. The summed E-state index contributed by atoms with van der Waals surface area (Å²) in [4.78, 5) is 25.8. The third-order valence-corrected chi connectivity index (χ3v) is 5.50. The van der Waals surface area contributed by atoms with Crippen LogP contribution < -0.4 is 4.74 Å². The molecule has 0 spiro atoms. The number of hydrogen-bond donors (Lipinski definition) is 6. The lowest BCUT2D eigenvalue weighted by Gasteiger charge is -2.39. The van der Waals surface area contributed by atoms with Crippen LogP contribution in [0.5, 0.6) is 11.5 Å². The van der Waals surface area contributed by atoms with Crippen molar-refractivity contribution in [2.75, 3.05) is 6.61 Å². The number of aromatic hydroxyl groups is 1. The number of ether oxygens (including phenoxy) is 2. The maximum absolute atomic E-state index is 12.9. The highest BCUT2D eigenvalue weighted by Gasteiger charge is 2.45. The van der Waals surface area contributed by atoms with Crippen molar-refractivity contribution in [1.29, 1.82) is 0 Å². The SMILES string of the molecule is O=C1c2ccccc2C(=O)c2c1cc(O[C@H]1O[C@@H](CO)[C@H](O)[C@@H](O)[C@@H]1O)c(CO)c2O. The molecular weight excluding hydrogens is 412 g/mol. The van der Waals surface area contributed by atoms with Gasteiger partial charge in [0.15, 0.2) is 11.6 Å². The Morgan fingerprint density at radius 3 is 2.16 bits per heavy atom. The number of hydrogen-bond acceptors (Lipinski definition) is 10. The largest absolute Gasteiger partial charge is 0.507 e. The average molecular weight is 432 g/mol. The second-order valence-corrected chi connectivity index (χ2v) is 7.30. The fourth-order valence-electron chi connectivity index (χ4n) is 3.80. The van der Waals surface area contributed by atoms with Crippen LogP contribution in [-0.4, -0.2) is 79.5 Å². The number of aliphatic hydroxyl groups excluding tert-OH is 5. The van der Waals surface area contributed by atoms with Crippen LogP contribution >= 0.6 is 0 Å². The third kappa shape index (κ3) is 3.30. The van der Waals surface area contributed by atoms with Crippen molar-refractivity contribution in [3.63, 3.8) is 0 Å². The van der Waals surface area contributed by atoms with Gasteiger partial charge in [0, 0.05) is 16.7 Å². The van der Waals surface area contributed by atoms with Gasteiger partial charge in [0.1, 0.15) is 35.9 Å². The first-order valence-electron chi connectivity index (χ1n) is 9.45. The Hall–Kier alpha value is -2.86. The maximum atomic E-state index is 12.9. The van der Waals surface area contributed by atoms with Crippen molar-refractivity contribution >= 4 is 11.6 Å². The molecule has 0 unspecified atom stereocenters. The minimum Gasteiger partial charge on any atom is -0.507 e. The van der Waals surface area contributed by atoms with Crippen molar-refractivity contribution in [1.82, 2.24) is 0 Å². The highest BCUT2D eigenvalue weighted by atomic mass is 16.7. The van der Waals surface area contributed by atoms with E-state index in [4.69, 9.17) is 9.47 Å². The molecule has 10 heteroatoms. The smallest absolute Gasteiger partial charge is 0.229 e. The Morgan fingerprint density at radius 2 is 1.55 bits per heavy atom. The van der Waals surface area contributed by atoms with Gasteiger partial charge in [-0.05, 0) is 6.07 Å². The van der Waals surface area contributed by atoms with Gasteiger partial charge < -0.3 is 40.1 Å². The lowest BCUT2D eigenvalue weighted by Crippen LogP contribution is -2.60. The first kappa shape index (κ1) is 21.4. The predicted molar refractivity (Wildman–Crippen MR) is 102 cm³/mol. The van der Waals surface area contributed by atoms with Gasteiger partial charge in [0.2, 0.25) is 6.29 Å². The van der Waals surface area contributed by atoms with Crippen molar-refractivity contribution in [3.8, 4) is 11.5 Å². The molecule has 31 heavy (non-hydrogen) atoms. The zero-order chi connectivity index (χ0) is 22.4. The molecule has 164 valence electrons. The molecule has 0 amide bonds. The van der Waals surface area contributed by atoms with E-state index in [1.165, 1.54) is 12.1 Å². The molecule has 10 nitrogen and oxygen atoms in total. The van der Waals surface area contributed by atoms with Crippen molar-refractivity contribution in [2.24, 2.45) is 0 Å². The number of carbonyl (C=O) groups is 2. The van der Waals surface area contributed by atoms with Crippen LogP contribution in [0.4, 0.5) is 0 Å². The van der Waals surface area contributed by atoms with E-state index < -0.39 is 61.2 Å². The maximum Gasteiger partial charge on any atom is 0.229 e. The Labute approximate surface area is 175 Å². The fourth-order valence-corrected chi connectivity index (χ4v) is 3.80.